The maximum absolute atomic E-state index is 12.9. The Balaban J connectivity index is 1.48. The summed E-state index contributed by atoms with van der Waals surface area (Å²) in [5, 5.41) is 2.81. The summed E-state index contributed by atoms with van der Waals surface area (Å²) >= 11 is 0. The third kappa shape index (κ3) is 5.76. The van der Waals surface area contributed by atoms with E-state index >= 15 is 0 Å². The Morgan fingerprint density at radius 2 is 1.92 bits per heavy atom. The molecule has 0 saturated carbocycles. The summed E-state index contributed by atoms with van der Waals surface area (Å²) in [4.78, 5) is 39.4. The van der Waals surface area contributed by atoms with Crippen molar-refractivity contribution in [2.24, 2.45) is 0 Å². The van der Waals surface area contributed by atoms with Crippen LogP contribution in [0.25, 0.3) is 0 Å². The van der Waals surface area contributed by atoms with Crippen LogP contribution in [0.4, 0.5) is 5.69 Å². The first-order chi connectivity index (χ1) is 17.5. The van der Waals surface area contributed by atoms with Gasteiger partial charge in [0.25, 0.3) is 11.8 Å². The van der Waals surface area contributed by atoms with E-state index in [0.29, 0.717) is 35.1 Å². The van der Waals surface area contributed by atoms with Crippen molar-refractivity contribution in [1.82, 2.24) is 5.32 Å². The minimum atomic E-state index is -0.291. The molecule has 2 aromatic carbocycles. The van der Waals surface area contributed by atoms with Crippen molar-refractivity contribution in [2.45, 2.75) is 39.7 Å². The van der Waals surface area contributed by atoms with E-state index in [9.17, 15) is 14.4 Å². The molecule has 2 heterocycles. The van der Waals surface area contributed by atoms with Gasteiger partial charge in [0.15, 0.2) is 24.8 Å². The highest BCUT2D eigenvalue weighted by atomic mass is 16.5. The van der Waals surface area contributed by atoms with Gasteiger partial charge in [0.05, 0.1) is 12.2 Å². The van der Waals surface area contributed by atoms with Gasteiger partial charge in [0.1, 0.15) is 17.3 Å². The largest absolute Gasteiger partial charge is 0.485 e. The third-order valence-corrected chi connectivity index (χ3v) is 5.95. The average Bonchev–Trinajstić information content (AvgIpc) is 3.37. The second-order valence-electron chi connectivity index (χ2n) is 8.50. The van der Waals surface area contributed by atoms with Crippen LogP contribution in [0.3, 0.4) is 0 Å². The molecule has 0 saturated heterocycles. The molecule has 2 amide bonds. The smallest absolute Gasteiger partial charge is 0.286 e. The average molecular weight is 491 g/mol. The normalized spacial score (nSPS) is 12.6. The Kier molecular flexibility index (Phi) is 8.05. The number of furan rings is 1. The van der Waals surface area contributed by atoms with Gasteiger partial charge in [-0.05, 0) is 54.8 Å². The number of fused-ring (bicyclic) bond motifs is 1. The summed E-state index contributed by atoms with van der Waals surface area (Å²) < 4.78 is 17.0. The molecule has 0 spiro atoms. The summed E-state index contributed by atoms with van der Waals surface area (Å²) in [7, 11) is 0. The Hall–Kier alpha value is -4.07. The van der Waals surface area contributed by atoms with Crippen molar-refractivity contribution in [3.63, 3.8) is 0 Å². The van der Waals surface area contributed by atoms with Crippen LogP contribution in [-0.2, 0) is 17.8 Å². The topological polar surface area (TPSA) is 98.1 Å². The molecule has 36 heavy (non-hydrogen) atoms. The Morgan fingerprint density at radius 1 is 1.08 bits per heavy atom. The zero-order valence-electron chi connectivity index (χ0n) is 20.5. The minimum Gasteiger partial charge on any atom is -0.485 e. The highest BCUT2D eigenvalue weighted by Crippen LogP contribution is 2.34. The summed E-state index contributed by atoms with van der Waals surface area (Å²) in [6, 6.07) is 15.8. The quantitative estimate of drug-likeness (QED) is 0.313. The molecule has 1 aliphatic rings. The van der Waals surface area contributed by atoms with Gasteiger partial charge in [-0.1, -0.05) is 38.5 Å². The molecule has 1 aliphatic heterocycles. The molecule has 0 fully saturated rings. The van der Waals surface area contributed by atoms with Crippen LogP contribution in [-0.4, -0.2) is 37.4 Å². The number of aryl methyl sites for hydroxylation is 1. The van der Waals surface area contributed by atoms with Crippen LogP contribution < -0.4 is 19.7 Å². The first kappa shape index (κ1) is 25.0. The van der Waals surface area contributed by atoms with Crippen LogP contribution >= 0.6 is 0 Å². The lowest BCUT2D eigenvalue weighted by Gasteiger charge is -2.29. The van der Waals surface area contributed by atoms with Gasteiger partial charge in [0, 0.05) is 12.1 Å². The molecule has 8 heteroatoms. The lowest BCUT2D eigenvalue weighted by atomic mass is 10.1. The number of nitrogens with zero attached hydrogens (tertiary/aromatic N) is 1. The fraction of sp³-hybridized carbons (Fsp3) is 0.321. The second-order valence-corrected chi connectivity index (χ2v) is 8.50. The van der Waals surface area contributed by atoms with Crippen LogP contribution in [0, 0.1) is 0 Å². The van der Waals surface area contributed by atoms with Crippen molar-refractivity contribution < 1.29 is 28.3 Å². The molecule has 1 aromatic heterocycles. The van der Waals surface area contributed by atoms with Gasteiger partial charge in [-0.2, -0.15) is 0 Å². The number of Topliss-reactive ketones (excluding diaryl/α,β-unsaturated/α-hetero) is 1. The number of nitrogens with one attached hydrogen (secondary N) is 1. The van der Waals surface area contributed by atoms with Crippen molar-refractivity contribution in [2.75, 3.05) is 24.7 Å². The molecule has 0 atom stereocenters. The predicted molar refractivity (Wildman–Crippen MR) is 135 cm³/mol. The highest BCUT2D eigenvalue weighted by Gasteiger charge is 2.28. The third-order valence-electron chi connectivity index (χ3n) is 5.95. The SMILES string of the molecule is CCCCNC(=O)c1ccc(CN2C(=O)COc3ccc(C(=O)COc4ccccc4CC)cc32)o1. The van der Waals surface area contributed by atoms with E-state index in [0.717, 1.165) is 24.8 Å². The Bertz CT molecular complexity index is 1250. The van der Waals surface area contributed by atoms with E-state index in [-0.39, 0.29) is 43.1 Å². The van der Waals surface area contributed by atoms with E-state index in [1.807, 2.05) is 38.1 Å². The van der Waals surface area contributed by atoms with E-state index in [1.54, 1.807) is 30.3 Å². The Morgan fingerprint density at radius 3 is 2.72 bits per heavy atom. The molecule has 0 bridgehead atoms. The van der Waals surface area contributed by atoms with Gasteiger partial charge in [-0.25, -0.2) is 0 Å². The molecule has 0 aliphatic carbocycles. The number of hydrogen-bond acceptors (Lipinski definition) is 6. The maximum Gasteiger partial charge on any atom is 0.286 e. The molecule has 188 valence electrons. The predicted octanol–water partition coefficient (Wildman–Crippen LogP) is 4.56. The number of ether oxygens (including phenoxy) is 2. The van der Waals surface area contributed by atoms with Crippen LogP contribution in [0.5, 0.6) is 11.5 Å². The number of benzene rings is 2. The summed E-state index contributed by atoms with van der Waals surface area (Å²) in [5.74, 6) is 1.03. The number of ketones is 1. The van der Waals surface area contributed by atoms with Gasteiger partial charge in [-0.3, -0.25) is 19.3 Å². The monoisotopic (exact) mass is 490 g/mol. The van der Waals surface area contributed by atoms with Crippen LogP contribution in [0.15, 0.2) is 59.0 Å². The standard InChI is InChI=1S/C28H30N2O6/c1-3-5-14-29-28(33)26-13-11-21(36-26)16-30-22-15-20(10-12-25(22)35-18-27(30)32)23(31)17-34-24-9-7-6-8-19(24)4-2/h6-13,15H,3-5,14,16-18H2,1-2H3,(H,29,33). The molecule has 0 radical (unpaired) electrons. The number of amides is 2. The maximum atomic E-state index is 12.9. The molecule has 4 rings (SSSR count). The molecule has 8 nitrogen and oxygen atoms in total. The minimum absolute atomic E-state index is 0.107. The second kappa shape index (κ2) is 11.6. The van der Waals surface area contributed by atoms with Crippen molar-refractivity contribution in [3.8, 4) is 11.5 Å². The molecule has 0 unspecified atom stereocenters. The lowest BCUT2D eigenvalue weighted by molar-refractivity contribution is -0.121. The van der Waals surface area contributed by atoms with E-state index < -0.39 is 0 Å². The van der Waals surface area contributed by atoms with Gasteiger partial charge in [-0.15, -0.1) is 0 Å². The highest BCUT2D eigenvalue weighted by molar-refractivity contribution is 6.02. The van der Waals surface area contributed by atoms with Gasteiger partial charge < -0.3 is 19.2 Å². The number of rotatable bonds is 11. The van der Waals surface area contributed by atoms with E-state index in [4.69, 9.17) is 13.9 Å². The summed E-state index contributed by atoms with van der Waals surface area (Å²) in [5.41, 5.74) is 1.90. The fourth-order valence-electron chi connectivity index (χ4n) is 3.92. The number of hydrogen-bond donors (Lipinski definition) is 1. The first-order valence-corrected chi connectivity index (χ1v) is 12.2. The van der Waals surface area contributed by atoms with Gasteiger partial charge in [0.2, 0.25) is 0 Å². The molecule has 1 N–H and O–H groups in total. The Labute approximate surface area is 210 Å². The van der Waals surface area contributed by atoms with Crippen molar-refractivity contribution in [1.29, 1.82) is 0 Å². The van der Waals surface area contributed by atoms with Crippen molar-refractivity contribution in [3.05, 3.63) is 77.2 Å². The van der Waals surface area contributed by atoms with E-state index in [2.05, 4.69) is 5.32 Å². The number of unbranched alkanes of at least 4 members (excludes halogenated alkanes) is 1. The number of carbonyl (C=O) groups excluding carboxylic acids is 3. The first-order valence-electron chi connectivity index (χ1n) is 12.2. The number of carbonyl (C=O) groups is 3. The number of anilines is 1. The van der Waals surface area contributed by atoms with Crippen LogP contribution in [0.2, 0.25) is 0 Å². The zero-order chi connectivity index (χ0) is 25.5. The van der Waals surface area contributed by atoms with Crippen molar-refractivity contribution >= 4 is 23.3 Å². The molecular formula is C28H30N2O6. The molecular weight excluding hydrogens is 460 g/mol. The molecule has 3 aromatic rings. The number of para-hydroxylation sites is 1. The fourth-order valence-corrected chi connectivity index (χ4v) is 3.92. The van der Waals surface area contributed by atoms with Gasteiger partial charge >= 0.3 is 0 Å². The lowest BCUT2D eigenvalue weighted by Crippen LogP contribution is -2.38. The van der Waals surface area contributed by atoms with Crippen LogP contribution in [0.1, 0.15) is 58.9 Å². The summed E-state index contributed by atoms with van der Waals surface area (Å²) in [6.45, 7) is 4.51. The summed E-state index contributed by atoms with van der Waals surface area (Å²) in [6.07, 6.45) is 2.66. The van der Waals surface area contributed by atoms with E-state index in [1.165, 1.54) is 4.90 Å². The zero-order valence-corrected chi connectivity index (χ0v) is 20.5.